The number of carbonyl (C=O) groups is 1. The molecule has 10 nitrogen and oxygen atoms in total. The van der Waals surface area contributed by atoms with E-state index in [4.69, 9.17) is 0 Å². The molecule has 0 fully saturated rings. The highest BCUT2D eigenvalue weighted by Crippen LogP contribution is 2.28. The first kappa shape index (κ1) is 16.5. The minimum absolute atomic E-state index is 0.116. The number of hydrogen-bond donors (Lipinski definition) is 3. The molecule has 3 N–H and O–H groups in total. The molecular formula is C14H10BrN7O3. The zero-order valence-electron chi connectivity index (χ0n) is 12.4. The van der Waals surface area contributed by atoms with E-state index in [2.05, 4.69) is 47.2 Å². The zero-order chi connectivity index (χ0) is 17.8. The van der Waals surface area contributed by atoms with Crippen LogP contribution in [0, 0.1) is 10.1 Å². The molecule has 0 aliphatic rings. The Balaban J connectivity index is 1.80. The molecule has 0 saturated heterocycles. The fourth-order valence-corrected chi connectivity index (χ4v) is 2.44. The van der Waals surface area contributed by atoms with Crippen molar-refractivity contribution < 1.29 is 9.72 Å². The lowest BCUT2D eigenvalue weighted by Crippen LogP contribution is -2.20. The van der Waals surface area contributed by atoms with Crippen molar-refractivity contribution >= 4 is 39.0 Å². The largest absolute Gasteiger partial charge is 0.323 e. The second kappa shape index (κ2) is 7.05. The topological polar surface area (TPSA) is 139 Å². The molecule has 0 aliphatic carbocycles. The Hall–Kier alpha value is -3.34. The van der Waals surface area contributed by atoms with Crippen LogP contribution in [0.5, 0.6) is 0 Å². The Morgan fingerprint density at radius 1 is 1.20 bits per heavy atom. The second-order valence-corrected chi connectivity index (χ2v) is 5.74. The lowest BCUT2D eigenvalue weighted by atomic mass is 10.1. The van der Waals surface area contributed by atoms with Gasteiger partial charge in [0.05, 0.1) is 10.6 Å². The number of tetrazole rings is 1. The molecule has 3 aromatic rings. The van der Waals surface area contributed by atoms with Crippen LogP contribution in [-0.2, 0) is 0 Å². The van der Waals surface area contributed by atoms with E-state index in [1.807, 2.05) is 0 Å². The number of hydrogen-bond acceptors (Lipinski definition) is 6. The Morgan fingerprint density at radius 3 is 2.76 bits per heavy atom. The van der Waals surface area contributed by atoms with Gasteiger partial charge in [-0.3, -0.25) is 10.1 Å². The lowest BCUT2D eigenvalue weighted by molar-refractivity contribution is -0.384. The van der Waals surface area contributed by atoms with Crippen molar-refractivity contribution in [2.75, 3.05) is 10.6 Å². The molecule has 0 spiro atoms. The second-order valence-electron chi connectivity index (χ2n) is 4.83. The summed E-state index contributed by atoms with van der Waals surface area (Å²) in [4.78, 5) is 22.5. The number of benzene rings is 2. The van der Waals surface area contributed by atoms with E-state index < -0.39 is 11.0 Å². The van der Waals surface area contributed by atoms with E-state index in [9.17, 15) is 14.9 Å². The van der Waals surface area contributed by atoms with Gasteiger partial charge in [-0.1, -0.05) is 22.0 Å². The summed E-state index contributed by atoms with van der Waals surface area (Å²) in [7, 11) is 0. The van der Waals surface area contributed by atoms with Crippen LogP contribution in [0.1, 0.15) is 0 Å². The highest BCUT2D eigenvalue weighted by Gasteiger charge is 2.13. The Labute approximate surface area is 148 Å². The maximum Gasteiger partial charge on any atom is 0.323 e. The van der Waals surface area contributed by atoms with Crippen LogP contribution in [0.4, 0.5) is 21.9 Å². The normalized spacial score (nSPS) is 10.3. The predicted molar refractivity (Wildman–Crippen MR) is 93.1 cm³/mol. The molecule has 0 bridgehead atoms. The summed E-state index contributed by atoms with van der Waals surface area (Å²) >= 11 is 3.35. The molecule has 0 unspecified atom stereocenters. The van der Waals surface area contributed by atoms with Gasteiger partial charge in [0.15, 0.2) is 5.82 Å². The SMILES string of the molecule is O=C(Nc1cccc([N+](=O)[O-])c1)Nc1ccc(Br)cc1-c1nnn[nH]1. The number of amides is 2. The van der Waals surface area contributed by atoms with E-state index in [-0.39, 0.29) is 5.69 Å². The molecule has 11 heteroatoms. The van der Waals surface area contributed by atoms with Gasteiger partial charge < -0.3 is 10.6 Å². The molecular weight excluding hydrogens is 394 g/mol. The minimum Gasteiger partial charge on any atom is -0.307 e. The van der Waals surface area contributed by atoms with Gasteiger partial charge in [0.2, 0.25) is 0 Å². The number of nitro groups is 1. The number of nitrogens with zero attached hydrogens (tertiary/aromatic N) is 4. The van der Waals surface area contributed by atoms with Crippen molar-refractivity contribution in [3.63, 3.8) is 0 Å². The maximum absolute atomic E-state index is 12.2. The van der Waals surface area contributed by atoms with Crippen LogP contribution < -0.4 is 10.6 Å². The number of carbonyl (C=O) groups excluding carboxylic acids is 1. The standard InChI is InChI=1S/C14H10BrN7O3/c15-8-4-5-12(11(6-8)13-18-20-21-19-13)17-14(23)16-9-2-1-3-10(7-9)22(24)25/h1-7H,(H2,16,17,23)(H,18,19,20,21). The zero-order valence-corrected chi connectivity index (χ0v) is 14.0. The Kier molecular flexibility index (Phi) is 4.66. The van der Waals surface area contributed by atoms with Gasteiger partial charge in [-0.05, 0) is 34.7 Å². The van der Waals surface area contributed by atoms with Crippen LogP contribution in [0.3, 0.4) is 0 Å². The monoisotopic (exact) mass is 403 g/mol. The number of aromatic nitrogens is 4. The van der Waals surface area contributed by atoms with E-state index in [0.29, 0.717) is 22.8 Å². The van der Waals surface area contributed by atoms with Crippen LogP contribution in [0.2, 0.25) is 0 Å². The molecule has 1 heterocycles. The molecule has 3 rings (SSSR count). The first-order valence-corrected chi connectivity index (χ1v) is 7.68. The van der Waals surface area contributed by atoms with Gasteiger partial charge in [0, 0.05) is 27.9 Å². The minimum atomic E-state index is -0.559. The Morgan fingerprint density at radius 2 is 2.04 bits per heavy atom. The fraction of sp³-hybridized carbons (Fsp3) is 0. The van der Waals surface area contributed by atoms with Gasteiger partial charge in [-0.2, -0.15) is 0 Å². The van der Waals surface area contributed by atoms with Crippen molar-refractivity contribution in [2.45, 2.75) is 0 Å². The van der Waals surface area contributed by atoms with Crippen molar-refractivity contribution in [1.82, 2.24) is 20.6 Å². The quantitative estimate of drug-likeness (QED) is 0.451. The maximum atomic E-state index is 12.2. The van der Waals surface area contributed by atoms with E-state index in [1.165, 1.54) is 18.2 Å². The van der Waals surface area contributed by atoms with Gasteiger partial charge in [-0.25, -0.2) is 9.89 Å². The number of urea groups is 1. The van der Waals surface area contributed by atoms with Gasteiger partial charge >= 0.3 is 6.03 Å². The molecule has 0 aliphatic heterocycles. The Bertz CT molecular complexity index is 930. The van der Waals surface area contributed by atoms with E-state index in [1.54, 1.807) is 24.3 Å². The fourth-order valence-electron chi connectivity index (χ4n) is 2.08. The van der Waals surface area contributed by atoms with Crippen molar-refractivity contribution in [3.8, 4) is 11.4 Å². The number of anilines is 2. The number of H-pyrrole nitrogens is 1. The highest BCUT2D eigenvalue weighted by atomic mass is 79.9. The summed E-state index contributed by atoms with van der Waals surface area (Å²) in [5.74, 6) is 0.381. The van der Waals surface area contributed by atoms with Crippen LogP contribution in [-0.4, -0.2) is 31.6 Å². The number of nitro benzene ring substituents is 1. The average Bonchev–Trinajstić information content (AvgIpc) is 3.11. The predicted octanol–water partition coefficient (Wildman–Crippen LogP) is 3.18. The third-order valence-corrected chi connectivity index (χ3v) is 3.64. The summed E-state index contributed by atoms with van der Waals surface area (Å²) in [6.07, 6.45) is 0. The summed E-state index contributed by atoms with van der Waals surface area (Å²) < 4.78 is 0.781. The highest BCUT2D eigenvalue weighted by molar-refractivity contribution is 9.10. The molecule has 2 aromatic carbocycles. The molecule has 0 atom stereocenters. The number of nitrogens with one attached hydrogen (secondary N) is 3. The average molecular weight is 404 g/mol. The van der Waals surface area contributed by atoms with Crippen molar-refractivity contribution in [2.24, 2.45) is 0 Å². The van der Waals surface area contributed by atoms with Crippen LogP contribution in [0.25, 0.3) is 11.4 Å². The first-order chi connectivity index (χ1) is 12.0. The molecule has 126 valence electrons. The van der Waals surface area contributed by atoms with Gasteiger partial charge in [0.25, 0.3) is 5.69 Å². The van der Waals surface area contributed by atoms with Crippen LogP contribution >= 0.6 is 15.9 Å². The summed E-state index contributed by atoms with van der Waals surface area (Å²) in [6.45, 7) is 0. The van der Waals surface area contributed by atoms with Gasteiger partial charge in [-0.15, -0.1) is 5.10 Å². The molecule has 1 aromatic heterocycles. The lowest BCUT2D eigenvalue weighted by Gasteiger charge is -2.11. The molecule has 2 amide bonds. The van der Waals surface area contributed by atoms with Crippen molar-refractivity contribution in [1.29, 1.82) is 0 Å². The molecule has 25 heavy (non-hydrogen) atoms. The number of aromatic amines is 1. The van der Waals surface area contributed by atoms with Crippen molar-refractivity contribution in [3.05, 3.63) is 57.1 Å². The number of non-ortho nitro benzene ring substituents is 1. The smallest absolute Gasteiger partial charge is 0.307 e. The number of halogens is 1. The number of rotatable bonds is 4. The molecule has 0 saturated carbocycles. The van der Waals surface area contributed by atoms with E-state index >= 15 is 0 Å². The van der Waals surface area contributed by atoms with Gasteiger partial charge in [0.1, 0.15) is 0 Å². The summed E-state index contributed by atoms with van der Waals surface area (Å²) in [5.41, 5.74) is 1.22. The third kappa shape index (κ3) is 3.95. The van der Waals surface area contributed by atoms with Crippen LogP contribution in [0.15, 0.2) is 46.9 Å². The molecule has 0 radical (unpaired) electrons. The first-order valence-electron chi connectivity index (χ1n) is 6.89. The summed E-state index contributed by atoms with van der Waals surface area (Å²) in [6, 6.07) is 10.2. The third-order valence-electron chi connectivity index (χ3n) is 3.15. The van der Waals surface area contributed by atoms with E-state index in [0.717, 1.165) is 4.47 Å². The summed E-state index contributed by atoms with van der Waals surface area (Å²) in [5, 5.41) is 29.5.